The molecule has 23 heavy (non-hydrogen) atoms. The normalized spacial score (nSPS) is 10.9. The first-order valence-corrected chi connectivity index (χ1v) is 7.87. The average molecular weight is 326 g/mol. The highest BCUT2D eigenvalue weighted by Gasteiger charge is 2.15. The van der Waals surface area contributed by atoms with E-state index in [2.05, 4.69) is 11.1 Å². The summed E-state index contributed by atoms with van der Waals surface area (Å²) in [5, 5.41) is 18.9. The van der Waals surface area contributed by atoms with Crippen molar-refractivity contribution in [3.05, 3.63) is 58.4 Å². The molecule has 0 bridgehead atoms. The molecule has 4 nitrogen and oxygen atoms in total. The first-order valence-electron chi connectivity index (χ1n) is 7.49. The first-order chi connectivity index (χ1) is 11.2. The molecule has 3 aromatic rings. The summed E-state index contributed by atoms with van der Waals surface area (Å²) in [6.45, 7) is 2.17. The summed E-state index contributed by atoms with van der Waals surface area (Å²) in [6, 6.07) is 13.6. The van der Waals surface area contributed by atoms with Crippen molar-refractivity contribution < 1.29 is 5.11 Å². The molecule has 3 rings (SSSR count). The molecule has 1 aromatic heterocycles. The van der Waals surface area contributed by atoms with Crippen LogP contribution in [-0.4, -0.2) is 21.3 Å². The lowest BCUT2D eigenvalue weighted by atomic mass is 10.1. The largest absolute Gasteiger partial charge is 0.396 e. The van der Waals surface area contributed by atoms with E-state index in [1.807, 2.05) is 41.8 Å². The number of fused-ring (bicyclic) bond motifs is 1. The van der Waals surface area contributed by atoms with Crippen molar-refractivity contribution in [3.63, 3.8) is 0 Å². The van der Waals surface area contributed by atoms with E-state index in [-0.39, 0.29) is 6.61 Å². The Hall–Kier alpha value is -2.35. The van der Waals surface area contributed by atoms with Crippen molar-refractivity contribution in [2.45, 2.75) is 19.8 Å². The van der Waals surface area contributed by atoms with Gasteiger partial charge >= 0.3 is 0 Å². The lowest BCUT2D eigenvalue weighted by Crippen LogP contribution is -2.00. The molecule has 0 saturated carbocycles. The third kappa shape index (κ3) is 2.81. The monoisotopic (exact) mass is 325 g/mol. The zero-order chi connectivity index (χ0) is 16.4. The highest BCUT2D eigenvalue weighted by atomic mass is 35.5. The number of halogens is 1. The number of aryl methyl sites for hydroxylation is 1. The molecule has 1 heterocycles. The molecule has 0 aliphatic heterocycles. The predicted octanol–water partition coefficient (Wildman–Crippen LogP) is 3.65. The molecule has 2 aromatic carbocycles. The lowest BCUT2D eigenvalue weighted by molar-refractivity contribution is 0.299. The second-order valence-corrected chi connectivity index (χ2v) is 5.73. The summed E-state index contributed by atoms with van der Waals surface area (Å²) >= 11 is 6.16. The van der Waals surface area contributed by atoms with Gasteiger partial charge in [0, 0.05) is 23.7 Å². The third-order valence-electron chi connectivity index (χ3n) is 3.83. The summed E-state index contributed by atoms with van der Waals surface area (Å²) in [5.74, 6) is 0.883. The van der Waals surface area contributed by atoms with Crippen LogP contribution < -0.4 is 0 Å². The molecule has 0 spiro atoms. The minimum Gasteiger partial charge on any atom is -0.396 e. The fraction of sp³-hybridized carbons (Fsp3) is 0.222. The number of nitrogens with zero attached hydrogens (tertiary/aromatic N) is 3. The van der Waals surface area contributed by atoms with Crippen LogP contribution in [0.1, 0.15) is 23.9 Å². The molecule has 0 fully saturated rings. The molecule has 0 unspecified atom stereocenters. The Morgan fingerprint density at radius 1 is 1.26 bits per heavy atom. The van der Waals surface area contributed by atoms with Gasteiger partial charge in [-0.25, -0.2) is 4.98 Å². The van der Waals surface area contributed by atoms with Crippen LogP contribution in [0.3, 0.4) is 0 Å². The maximum Gasteiger partial charge on any atom is 0.114 e. The number of imidazole rings is 1. The zero-order valence-electron chi connectivity index (χ0n) is 12.8. The third-order valence-corrected chi connectivity index (χ3v) is 4.04. The van der Waals surface area contributed by atoms with Crippen LogP contribution in [0.4, 0.5) is 0 Å². The molecule has 0 aliphatic carbocycles. The van der Waals surface area contributed by atoms with Gasteiger partial charge in [0.05, 0.1) is 11.1 Å². The van der Waals surface area contributed by atoms with E-state index in [9.17, 15) is 5.26 Å². The van der Waals surface area contributed by atoms with Crippen LogP contribution in [0.2, 0.25) is 5.02 Å². The molecule has 1 N–H and O–H groups in total. The van der Waals surface area contributed by atoms with Crippen LogP contribution in [0.25, 0.3) is 16.7 Å². The van der Waals surface area contributed by atoms with Gasteiger partial charge in [-0.15, -0.1) is 0 Å². The number of aliphatic hydroxyl groups is 1. The number of aromatic nitrogens is 2. The summed E-state index contributed by atoms with van der Waals surface area (Å²) < 4.78 is 2.03. The van der Waals surface area contributed by atoms with Crippen molar-refractivity contribution in [1.82, 2.24) is 9.55 Å². The topological polar surface area (TPSA) is 61.8 Å². The fourth-order valence-electron chi connectivity index (χ4n) is 2.74. The molecule has 0 radical (unpaired) electrons. The van der Waals surface area contributed by atoms with E-state index in [4.69, 9.17) is 16.7 Å². The van der Waals surface area contributed by atoms with E-state index in [0.29, 0.717) is 22.5 Å². The van der Waals surface area contributed by atoms with Crippen molar-refractivity contribution in [3.8, 4) is 11.8 Å². The van der Waals surface area contributed by atoms with Gasteiger partial charge in [-0.3, -0.25) is 4.57 Å². The molecule has 5 heteroatoms. The molecular weight excluding hydrogens is 310 g/mol. The maximum atomic E-state index is 9.32. The van der Waals surface area contributed by atoms with Gasteiger partial charge in [0.1, 0.15) is 17.4 Å². The van der Waals surface area contributed by atoms with Crippen molar-refractivity contribution >= 4 is 22.6 Å². The maximum absolute atomic E-state index is 9.32. The van der Waals surface area contributed by atoms with E-state index >= 15 is 0 Å². The Bertz CT molecular complexity index is 891. The Kier molecular flexibility index (Phi) is 4.33. The number of hydrogen-bond donors (Lipinski definition) is 1. The standard InChI is InChI=1S/C18H16ClN3O/c1-2-17-21-18-13(11-20)9-14(19)10-16(18)22(17)15-5-3-12(4-6-15)7-8-23/h3-6,9-10,23H,2,7-8H2,1H3. The van der Waals surface area contributed by atoms with Gasteiger partial charge in [0.15, 0.2) is 0 Å². The number of hydrogen-bond acceptors (Lipinski definition) is 3. The number of rotatable bonds is 4. The Morgan fingerprint density at radius 3 is 2.61 bits per heavy atom. The highest BCUT2D eigenvalue weighted by Crippen LogP contribution is 2.28. The Morgan fingerprint density at radius 2 is 2.00 bits per heavy atom. The summed E-state index contributed by atoms with van der Waals surface area (Å²) in [4.78, 5) is 4.62. The van der Waals surface area contributed by atoms with Crippen molar-refractivity contribution in [2.75, 3.05) is 6.61 Å². The van der Waals surface area contributed by atoms with Crippen LogP contribution >= 0.6 is 11.6 Å². The summed E-state index contributed by atoms with van der Waals surface area (Å²) in [5.41, 5.74) is 4.04. The van der Waals surface area contributed by atoms with Gasteiger partial charge in [-0.05, 0) is 36.2 Å². The van der Waals surface area contributed by atoms with Gasteiger partial charge < -0.3 is 5.11 Å². The van der Waals surface area contributed by atoms with Crippen molar-refractivity contribution in [1.29, 1.82) is 5.26 Å². The van der Waals surface area contributed by atoms with Crippen LogP contribution in [0, 0.1) is 11.3 Å². The number of aliphatic hydroxyl groups excluding tert-OH is 1. The average Bonchev–Trinajstić information content (AvgIpc) is 2.93. The molecule has 116 valence electrons. The highest BCUT2D eigenvalue weighted by molar-refractivity contribution is 6.31. The first kappa shape index (κ1) is 15.5. The van der Waals surface area contributed by atoms with Gasteiger partial charge in [-0.2, -0.15) is 5.26 Å². The minimum absolute atomic E-state index is 0.134. The Labute approximate surface area is 139 Å². The van der Waals surface area contributed by atoms with Crippen LogP contribution in [0.5, 0.6) is 0 Å². The van der Waals surface area contributed by atoms with Crippen molar-refractivity contribution in [2.24, 2.45) is 0 Å². The van der Waals surface area contributed by atoms with Gasteiger partial charge in [0.25, 0.3) is 0 Å². The number of benzene rings is 2. The van der Waals surface area contributed by atoms with Gasteiger partial charge in [0.2, 0.25) is 0 Å². The Balaban J connectivity index is 2.23. The SMILES string of the molecule is CCc1nc2c(C#N)cc(Cl)cc2n1-c1ccc(CCO)cc1. The number of nitriles is 1. The molecule has 0 amide bonds. The molecule has 0 aliphatic rings. The van der Waals surface area contributed by atoms with E-state index in [0.717, 1.165) is 29.0 Å². The molecule has 0 atom stereocenters. The molecular formula is C18H16ClN3O. The van der Waals surface area contributed by atoms with Crippen LogP contribution in [-0.2, 0) is 12.8 Å². The van der Waals surface area contributed by atoms with E-state index < -0.39 is 0 Å². The fourth-order valence-corrected chi connectivity index (χ4v) is 2.95. The van der Waals surface area contributed by atoms with E-state index in [1.165, 1.54) is 0 Å². The smallest absolute Gasteiger partial charge is 0.114 e. The lowest BCUT2D eigenvalue weighted by Gasteiger charge is -2.09. The second kappa shape index (κ2) is 6.41. The molecule has 0 saturated heterocycles. The quantitative estimate of drug-likeness (QED) is 0.796. The zero-order valence-corrected chi connectivity index (χ0v) is 13.5. The predicted molar refractivity (Wildman–Crippen MR) is 91.0 cm³/mol. The van der Waals surface area contributed by atoms with Crippen LogP contribution in [0.15, 0.2) is 36.4 Å². The minimum atomic E-state index is 0.134. The van der Waals surface area contributed by atoms with Gasteiger partial charge in [-0.1, -0.05) is 30.7 Å². The van der Waals surface area contributed by atoms with E-state index in [1.54, 1.807) is 6.07 Å². The second-order valence-electron chi connectivity index (χ2n) is 5.29. The summed E-state index contributed by atoms with van der Waals surface area (Å²) in [6.07, 6.45) is 1.38. The summed E-state index contributed by atoms with van der Waals surface area (Å²) in [7, 11) is 0.